The highest BCUT2D eigenvalue weighted by atomic mass is 35.5. The van der Waals surface area contributed by atoms with Crippen LogP contribution in [0.1, 0.15) is 22.6 Å². The van der Waals surface area contributed by atoms with E-state index >= 15 is 0 Å². The number of alkyl halides is 3. The fourth-order valence-electron chi connectivity index (χ4n) is 3.82. The van der Waals surface area contributed by atoms with Crippen LogP contribution in [0.2, 0.25) is 15.1 Å². The predicted molar refractivity (Wildman–Crippen MR) is 157 cm³/mol. The molecular weight excluding hydrogens is 650 g/mol. The summed E-state index contributed by atoms with van der Waals surface area (Å²) >= 11 is 18.1. The van der Waals surface area contributed by atoms with Crippen molar-refractivity contribution in [2.24, 2.45) is 0 Å². The van der Waals surface area contributed by atoms with Gasteiger partial charge in [-0.2, -0.15) is 22.7 Å². The zero-order valence-corrected chi connectivity index (χ0v) is 24.8. The summed E-state index contributed by atoms with van der Waals surface area (Å²) in [4.78, 5) is 12.6. The van der Waals surface area contributed by atoms with Crippen LogP contribution in [0, 0.1) is 11.3 Å². The molecule has 0 saturated carbocycles. The van der Waals surface area contributed by atoms with Gasteiger partial charge in [0.25, 0.3) is 5.91 Å². The maximum absolute atomic E-state index is 13.6. The van der Waals surface area contributed by atoms with Crippen molar-refractivity contribution in [3.63, 3.8) is 0 Å². The third kappa shape index (κ3) is 8.19. The molecule has 3 aromatic carbocycles. The molecule has 7 nitrogen and oxygen atoms in total. The lowest BCUT2D eigenvalue weighted by molar-refractivity contribution is -0.137. The minimum atomic E-state index is -4.62. The van der Waals surface area contributed by atoms with Crippen molar-refractivity contribution in [2.45, 2.75) is 24.2 Å². The number of hydrogen-bond donors (Lipinski definition) is 1. The Kier molecular flexibility index (Phi) is 9.89. The summed E-state index contributed by atoms with van der Waals surface area (Å²) in [5.74, 6) is -0.769. The second kappa shape index (κ2) is 13.2. The zero-order valence-electron chi connectivity index (χ0n) is 21.7. The number of sulfonamides is 1. The molecule has 4 rings (SSSR count). The third-order valence-corrected chi connectivity index (χ3v) is 8.71. The maximum Gasteiger partial charge on any atom is 0.416 e. The second-order valence-corrected chi connectivity index (χ2v) is 12.2. The molecule has 1 heterocycles. The number of carbonyl (C=O) groups excluding carboxylic acids is 1. The third-order valence-electron chi connectivity index (χ3n) is 5.91. The summed E-state index contributed by atoms with van der Waals surface area (Å²) in [5.41, 5.74) is -1.05. The molecule has 0 aliphatic heterocycles. The van der Waals surface area contributed by atoms with E-state index in [4.69, 9.17) is 39.2 Å². The number of anilines is 1. The summed E-state index contributed by atoms with van der Waals surface area (Å²) in [6.07, 6.45) is -3.53. The van der Waals surface area contributed by atoms with Gasteiger partial charge < -0.3 is 9.73 Å². The van der Waals surface area contributed by atoms with E-state index in [1.807, 2.05) is 0 Å². The summed E-state index contributed by atoms with van der Waals surface area (Å²) < 4.78 is 73.0. The van der Waals surface area contributed by atoms with Crippen LogP contribution >= 0.6 is 34.8 Å². The molecule has 0 radical (unpaired) electrons. The van der Waals surface area contributed by atoms with Crippen molar-refractivity contribution in [3.8, 4) is 6.07 Å². The number of furan rings is 1. The smallest absolute Gasteiger partial charge is 0.416 e. The molecule has 0 aliphatic rings. The molecule has 1 amide bonds. The standard InChI is InChI=1S/C29H19Cl3F3N3O4S/c30-21-5-9-25(10-6-21)43(40,41)38(16-18-4-11-26(31)27(32)12-18)17-24-8-7-23(42-24)13-19(15-36)28(39)37-22-3-1-2-20(14-22)29(33,34)35/h1-14H,16-17H2,(H,37,39)/b19-13-. The predicted octanol–water partition coefficient (Wildman–Crippen LogP) is 8.20. The lowest BCUT2D eigenvalue weighted by Crippen LogP contribution is -2.30. The van der Waals surface area contributed by atoms with Gasteiger partial charge in [0, 0.05) is 23.3 Å². The molecule has 0 fully saturated rings. The molecule has 1 N–H and O–H groups in total. The highest BCUT2D eigenvalue weighted by Gasteiger charge is 2.31. The first-order valence-electron chi connectivity index (χ1n) is 12.1. The first kappa shape index (κ1) is 32.1. The molecule has 1 aromatic heterocycles. The Morgan fingerprint density at radius 2 is 1.67 bits per heavy atom. The van der Waals surface area contributed by atoms with Gasteiger partial charge in [0.1, 0.15) is 23.2 Å². The summed E-state index contributed by atoms with van der Waals surface area (Å²) in [7, 11) is -4.09. The second-order valence-electron chi connectivity index (χ2n) is 8.98. The number of nitrogens with zero attached hydrogens (tertiary/aromatic N) is 2. The molecule has 0 atom stereocenters. The molecule has 0 aliphatic carbocycles. The largest absolute Gasteiger partial charge is 0.460 e. The number of carbonyl (C=O) groups is 1. The molecule has 14 heteroatoms. The number of nitrogens with one attached hydrogen (secondary N) is 1. The SMILES string of the molecule is N#C/C(=C/c1ccc(CN(Cc2ccc(Cl)c(Cl)c2)S(=O)(=O)c2ccc(Cl)cc2)o1)C(=O)Nc1cccc(C(F)(F)F)c1. The van der Waals surface area contributed by atoms with Gasteiger partial charge in [-0.25, -0.2) is 8.42 Å². The van der Waals surface area contributed by atoms with Gasteiger partial charge in [-0.15, -0.1) is 0 Å². The number of amides is 1. The highest BCUT2D eigenvalue weighted by Crippen LogP contribution is 2.31. The van der Waals surface area contributed by atoms with E-state index in [1.165, 1.54) is 54.6 Å². The number of nitriles is 1. The van der Waals surface area contributed by atoms with Crippen LogP contribution in [0.4, 0.5) is 18.9 Å². The first-order valence-corrected chi connectivity index (χ1v) is 14.7. The summed E-state index contributed by atoms with van der Waals surface area (Å²) in [6.45, 7) is -0.367. The van der Waals surface area contributed by atoms with Crippen molar-refractivity contribution < 1.29 is 30.8 Å². The Hall–Kier alpha value is -3.79. The first-order chi connectivity index (χ1) is 20.3. The minimum Gasteiger partial charge on any atom is -0.460 e. The van der Waals surface area contributed by atoms with Crippen LogP contribution in [0.15, 0.2) is 93.7 Å². The van der Waals surface area contributed by atoms with E-state index in [0.717, 1.165) is 28.6 Å². The molecule has 0 bridgehead atoms. The molecule has 43 heavy (non-hydrogen) atoms. The topological polar surface area (TPSA) is 103 Å². The molecular formula is C29H19Cl3F3N3O4S. The molecule has 0 spiro atoms. The van der Waals surface area contributed by atoms with Crippen LogP contribution < -0.4 is 5.32 Å². The lowest BCUT2D eigenvalue weighted by atomic mass is 10.1. The van der Waals surface area contributed by atoms with E-state index in [0.29, 0.717) is 15.6 Å². The van der Waals surface area contributed by atoms with Gasteiger partial charge in [0.15, 0.2) is 0 Å². The summed E-state index contributed by atoms with van der Waals surface area (Å²) in [5, 5.41) is 12.6. The number of halogens is 6. The summed E-state index contributed by atoms with van der Waals surface area (Å²) in [6, 6.07) is 18.8. The highest BCUT2D eigenvalue weighted by molar-refractivity contribution is 7.89. The molecule has 0 unspecified atom stereocenters. The Morgan fingerprint density at radius 1 is 0.953 bits per heavy atom. The van der Waals surface area contributed by atoms with Crippen LogP contribution in [-0.4, -0.2) is 18.6 Å². The van der Waals surface area contributed by atoms with Crippen LogP contribution in [0.5, 0.6) is 0 Å². The van der Waals surface area contributed by atoms with E-state index in [1.54, 1.807) is 12.1 Å². The zero-order chi connectivity index (χ0) is 31.4. The maximum atomic E-state index is 13.6. The number of hydrogen-bond acceptors (Lipinski definition) is 5. The van der Waals surface area contributed by atoms with E-state index in [9.17, 15) is 31.6 Å². The monoisotopic (exact) mass is 667 g/mol. The van der Waals surface area contributed by atoms with Gasteiger partial charge in [0.05, 0.1) is 27.0 Å². The van der Waals surface area contributed by atoms with Gasteiger partial charge >= 0.3 is 6.18 Å². The van der Waals surface area contributed by atoms with Crippen LogP contribution in [0.3, 0.4) is 0 Å². The average molecular weight is 669 g/mol. The van der Waals surface area contributed by atoms with E-state index in [-0.39, 0.29) is 40.2 Å². The minimum absolute atomic E-state index is 0.0262. The van der Waals surface area contributed by atoms with Crippen molar-refractivity contribution in [2.75, 3.05) is 5.32 Å². The van der Waals surface area contributed by atoms with Gasteiger partial charge in [-0.3, -0.25) is 4.79 Å². The van der Waals surface area contributed by atoms with Crippen molar-refractivity contribution in [3.05, 3.63) is 122 Å². The number of rotatable bonds is 9. The Labute approximate surface area is 259 Å². The van der Waals surface area contributed by atoms with Crippen molar-refractivity contribution in [1.82, 2.24) is 4.31 Å². The quantitative estimate of drug-likeness (QED) is 0.143. The molecule has 4 aromatic rings. The van der Waals surface area contributed by atoms with E-state index in [2.05, 4.69) is 5.32 Å². The lowest BCUT2D eigenvalue weighted by Gasteiger charge is -2.22. The molecule has 0 saturated heterocycles. The van der Waals surface area contributed by atoms with Crippen LogP contribution in [-0.2, 0) is 34.1 Å². The van der Waals surface area contributed by atoms with Crippen molar-refractivity contribution in [1.29, 1.82) is 5.26 Å². The van der Waals surface area contributed by atoms with Gasteiger partial charge in [0.2, 0.25) is 10.0 Å². The number of benzene rings is 3. The van der Waals surface area contributed by atoms with Gasteiger partial charge in [-0.05, 0) is 72.3 Å². The average Bonchev–Trinajstić information content (AvgIpc) is 3.40. The fraction of sp³-hybridized carbons (Fsp3) is 0.103. The molecule has 222 valence electrons. The Bertz CT molecular complexity index is 1830. The van der Waals surface area contributed by atoms with Crippen molar-refractivity contribution >= 4 is 62.5 Å². The normalized spacial score (nSPS) is 12.3. The van der Waals surface area contributed by atoms with Gasteiger partial charge in [-0.1, -0.05) is 46.9 Å². The Balaban J connectivity index is 1.58. The van der Waals surface area contributed by atoms with Crippen LogP contribution in [0.25, 0.3) is 6.08 Å². The Morgan fingerprint density at radius 3 is 2.33 bits per heavy atom. The fourth-order valence-corrected chi connectivity index (χ4v) is 5.66. The van der Waals surface area contributed by atoms with E-state index < -0.39 is 33.2 Å².